The van der Waals surface area contributed by atoms with Gasteiger partial charge in [0.25, 0.3) is 0 Å². The van der Waals surface area contributed by atoms with Crippen LogP contribution in [0.1, 0.15) is 17.2 Å². The minimum Gasteiger partial charge on any atom is -0.493 e. The predicted molar refractivity (Wildman–Crippen MR) is 73.4 cm³/mol. The lowest BCUT2D eigenvalue weighted by Gasteiger charge is -2.31. The zero-order valence-corrected chi connectivity index (χ0v) is 10.9. The molecule has 0 bridgehead atoms. The number of hydrogen-bond acceptors (Lipinski definition) is 4. The summed E-state index contributed by atoms with van der Waals surface area (Å²) in [4.78, 5) is 3.88. The number of aromatic nitrogens is 1. The van der Waals surface area contributed by atoms with Crippen molar-refractivity contribution in [2.24, 2.45) is 11.8 Å². The molecule has 3 N–H and O–H groups in total. The average Bonchev–Trinajstić information content (AvgIpc) is 2.48. The number of nitrogens with zero attached hydrogens (tertiary/aromatic N) is 1. The summed E-state index contributed by atoms with van der Waals surface area (Å²) in [5, 5.41) is 0. The maximum Gasteiger partial charge on any atom is 0.141 e. The molecule has 2 unspecified atom stereocenters. The molecule has 104 valence electrons. The molecule has 0 radical (unpaired) electrons. The van der Waals surface area contributed by atoms with E-state index < -0.39 is 0 Å². The quantitative estimate of drug-likeness (QED) is 0.663. The van der Waals surface area contributed by atoms with E-state index in [1.54, 1.807) is 6.20 Å². The van der Waals surface area contributed by atoms with Crippen molar-refractivity contribution >= 4 is 0 Å². The highest BCUT2D eigenvalue weighted by Crippen LogP contribution is 2.33. The molecule has 0 fully saturated rings. The van der Waals surface area contributed by atoms with Crippen LogP contribution in [-0.2, 0) is 6.42 Å². The zero-order chi connectivity index (χ0) is 13.9. The molecule has 2 atom stereocenters. The number of hydrogen-bond donors (Lipinski definition) is 2. The van der Waals surface area contributed by atoms with Crippen LogP contribution in [0, 0.1) is 11.7 Å². The molecule has 1 aliphatic rings. The van der Waals surface area contributed by atoms with Crippen LogP contribution in [0.25, 0.3) is 0 Å². The predicted octanol–water partition coefficient (Wildman–Crippen LogP) is 1.98. The molecule has 0 saturated heterocycles. The highest BCUT2D eigenvalue weighted by molar-refractivity contribution is 5.35. The first kappa shape index (κ1) is 13.0. The number of ether oxygens (including phenoxy) is 1. The Bertz CT molecular complexity index is 605. The second kappa shape index (κ2) is 5.56. The van der Waals surface area contributed by atoms with Crippen molar-refractivity contribution < 1.29 is 9.13 Å². The Morgan fingerprint density at radius 3 is 3.00 bits per heavy atom. The smallest absolute Gasteiger partial charge is 0.141 e. The molecular formula is C15H16FN3O. The largest absolute Gasteiger partial charge is 0.493 e. The van der Waals surface area contributed by atoms with Gasteiger partial charge in [0.05, 0.1) is 18.8 Å². The number of nitrogens with one attached hydrogen (secondary N) is 1. The van der Waals surface area contributed by atoms with Crippen LogP contribution in [0.3, 0.4) is 0 Å². The topological polar surface area (TPSA) is 60.2 Å². The van der Waals surface area contributed by atoms with Crippen molar-refractivity contribution in [1.82, 2.24) is 10.4 Å². The fourth-order valence-corrected chi connectivity index (χ4v) is 2.67. The van der Waals surface area contributed by atoms with Crippen LogP contribution in [0.15, 0.2) is 42.7 Å². The van der Waals surface area contributed by atoms with Crippen molar-refractivity contribution in [2.75, 3.05) is 6.61 Å². The number of rotatable bonds is 3. The Morgan fingerprint density at radius 1 is 1.35 bits per heavy atom. The van der Waals surface area contributed by atoms with Crippen LogP contribution in [0.2, 0.25) is 0 Å². The molecule has 3 rings (SSSR count). The summed E-state index contributed by atoms with van der Waals surface area (Å²) < 4.78 is 19.1. The standard InChI is InChI=1S/C15H16FN3O/c16-13-6-11(7-18-8-13)15(19-17)12-5-10-3-1-2-4-14(10)20-9-12/h1-4,6-8,12,15,19H,5,9,17H2. The molecule has 4 nitrogen and oxygen atoms in total. The second-order valence-electron chi connectivity index (χ2n) is 4.96. The first-order valence-electron chi connectivity index (χ1n) is 6.55. The van der Waals surface area contributed by atoms with Gasteiger partial charge in [-0.3, -0.25) is 16.3 Å². The average molecular weight is 273 g/mol. The van der Waals surface area contributed by atoms with Crippen LogP contribution in [0.4, 0.5) is 4.39 Å². The van der Waals surface area contributed by atoms with Crippen LogP contribution < -0.4 is 16.0 Å². The molecule has 1 aliphatic heterocycles. The van der Waals surface area contributed by atoms with E-state index in [0.29, 0.717) is 6.61 Å². The number of para-hydroxylation sites is 1. The number of benzene rings is 1. The molecule has 0 saturated carbocycles. The van der Waals surface area contributed by atoms with E-state index in [1.165, 1.54) is 12.3 Å². The number of hydrazine groups is 1. The normalized spacial score (nSPS) is 19.0. The third-order valence-corrected chi connectivity index (χ3v) is 3.64. The van der Waals surface area contributed by atoms with Crippen molar-refractivity contribution in [2.45, 2.75) is 12.5 Å². The lowest BCUT2D eigenvalue weighted by molar-refractivity contribution is 0.184. The van der Waals surface area contributed by atoms with Crippen LogP contribution in [-0.4, -0.2) is 11.6 Å². The van der Waals surface area contributed by atoms with Gasteiger partial charge in [0.15, 0.2) is 0 Å². The zero-order valence-electron chi connectivity index (χ0n) is 10.9. The van der Waals surface area contributed by atoms with Crippen molar-refractivity contribution in [1.29, 1.82) is 0 Å². The van der Waals surface area contributed by atoms with E-state index in [1.807, 2.05) is 24.3 Å². The highest BCUT2D eigenvalue weighted by Gasteiger charge is 2.28. The van der Waals surface area contributed by atoms with Gasteiger partial charge in [0.1, 0.15) is 11.6 Å². The summed E-state index contributed by atoms with van der Waals surface area (Å²) in [6.45, 7) is 0.544. The van der Waals surface area contributed by atoms with E-state index in [9.17, 15) is 4.39 Å². The monoisotopic (exact) mass is 273 g/mol. The van der Waals surface area contributed by atoms with Crippen molar-refractivity contribution in [3.05, 3.63) is 59.7 Å². The maximum atomic E-state index is 13.3. The minimum absolute atomic E-state index is 0.137. The van der Waals surface area contributed by atoms with E-state index in [-0.39, 0.29) is 17.8 Å². The van der Waals surface area contributed by atoms with Crippen molar-refractivity contribution in [3.63, 3.8) is 0 Å². The Balaban J connectivity index is 1.85. The molecule has 0 amide bonds. The third kappa shape index (κ3) is 2.50. The molecule has 2 heterocycles. The minimum atomic E-state index is -0.361. The van der Waals surface area contributed by atoms with Gasteiger partial charge in [0.2, 0.25) is 0 Å². The molecule has 5 heteroatoms. The molecule has 0 spiro atoms. The fraction of sp³-hybridized carbons (Fsp3) is 0.267. The Morgan fingerprint density at radius 2 is 2.20 bits per heavy atom. The van der Waals surface area contributed by atoms with Gasteiger partial charge >= 0.3 is 0 Å². The second-order valence-corrected chi connectivity index (χ2v) is 4.96. The van der Waals surface area contributed by atoms with E-state index in [2.05, 4.69) is 10.4 Å². The van der Waals surface area contributed by atoms with Gasteiger partial charge < -0.3 is 4.74 Å². The number of halogens is 1. The third-order valence-electron chi connectivity index (χ3n) is 3.64. The van der Waals surface area contributed by atoms with Gasteiger partial charge in [-0.15, -0.1) is 0 Å². The molecule has 1 aromatic heterocycles. The Labute approximate surface area is 116 Å². The Hall–Kier alpha value is -1.98. The number of pyridine rings is 1. The summed E-state index contributed by atoms with van der Waals surface area (Å²) in [7, 11) is 0. The van der Waals surface area contributed by atoms with Gasteiger partial charge in [-0.25, -0.2) is 4.39 Å². The van der Waals surface area contributed by atoms with Crippen LogP contribution in [0.5, 0.6) is 5.75 Å². The van der Waals surface area contributed by atoms with Gasteiger partial charge in [0, 0.05) is 12.1 Å². The summed E-state index contributed by atoms with van der Waals surface area (Å²) in [6.07, 6.45) is 3.65. The molecule has 0 aliphatic carbocycles. The van der Waals surface area contributed by atoms with Crippen molar-refractivity contribution in [3.8, 4) is 5.75 Å². The van der Waals surface area contributed by atoms with Gasteiger partial charge in [-0.05, 0) is 29.7 Å². The van der Waals surface area contributed by atoms with E-state index in [0.717, 1.165) is 23.3 Å². The van der Waals surface area contributed by atoms with Crippen LogP contribution >= 0.6 is 0 Å². The van der Waals surface area contributed by atoms with E-state index >= 15 is 0 Å². The van der Waals surface area contributed by atoms with Gasteiger partial charge in [-0.1, -0.05) is 18.2 Å². The highest BCUT2D eigenvalue weighted by atomic mass is 19.1. The number of nitrogens with two attached hydrogens (primary N) is 1. The SMILES string of the molecule is NNC(c1cncc(F)c1)C1COc2ccccc2C1. The molecule has 1 aromatic carbocycles. The summed E-state index contributed by atoms with van der Waals surface area (Å²) in [5.74, 6) is 6.34. The molecular weight excluding hydrogens is 257 g/mol. The lowest BCUT2D eigenvalue weighted by Crippen LogP contribution is -2.38. The van der Waals surface area contributed by atoms with E-state index in [4.69, 9.17) is 10.6 Å². The maximum absolute atomic E-state index is 13.3. The summed E-state index contributed by atoms with van der Waals surface area (Å²) in [5.41, 5.74) is 4.64. The first-order valence-corrected chi connectivity index (χ1v) is 6.55. The first-order chi connectivity index (χ1) is 9.78. The Kier molecular flexibility index (Phi) is 3.62. The fourth-order valence-electron chi connectivity index (χ4n) is 2.67. The molecule has 2 aromatic rings. The lowest BCUT2D eigenvalue weighted by atomic mass is 9.87. The van der Waals surface area contributed by atoms with Gasteiger partial charge in [-0.2, -0.15) is 0 Å². The summed E-state index contributed by atoms with van der Waals surface area (Å²) >= 11 is 0. The number of fused-ring (bicyclic) bond motifs is 1. The molecule has 20 heavy (non-hydrogen) atoms. The summed E-state index contributed by atoms with van der Waals surface area (Å²) in [6, 6.07) is 9.21.